The molecule has 0 saturated heterocycles. The molecule has 0 saturated carbocycles. The van der Waals surface area contributed by atoms with Crippen molar-refractivity contribution < 1.29 is 4.79 Å². The first-order chi connectivity index (χ1) is 9.58. The van der Waals surface area contributed by atoms with Crippen molar-refractivity contribution in [3.05, 3.63) is 35.4 Å². The van der Waals surface area contributed by atoms with E-state index in [2.05, 4.69) is 62.6 Å². The van der Waals surface area contributed by atoms with Gasteiger partial charge in [-0.1, -0.05) is 45.0 Å². The molecule has 1 atom stereocenters. The van der Waals surface area contributed by atoms with Crippen molar-refractivity contribution in [3.63, 3.8) is 0 Å². The topological polar surface area (TPSA) is 41.1 Å². The average Bonchev–Trinajstić information content (AvgIpc) is 2.43. The highest BCUT2D eigenvalue weighted by Gasteiger charge is 2.26. The minimum atomic E-state index is -0.408. The second-order valence-corrected chi connectivity index (χ2v) is 7.44. The third kappa shape index (κ3) is 4.85. The number of benzene rings is 1. The van der Waals surface area contributed by atoms with E-state index in [1.807, 2.05) is 13.8 Å². The summed E-state index contributed by atoms with van der Waals surface area (Å²) in [6, 6.07) is 8.95. The molecule has 0 aromatic heterocycles. The van der Waals surface area contributed by atoms with E-state index in [1.54, 1.807) is 7.05 Å². The summed E-state index contributed by atoms with van der Waals surface area (Å²) in [6.07, 6.45) is 0. The Labute approximate surface area is 129 Å². The van der Waals surface area contributed by atoms with Gasteiger partial charge in [0.2, 0.25) is 5.91 Å². The van der Waals surface area contributed by atoms with Crippen molar-refractivity contribution in [3.8, 4) is 0 Å². The first kappa shape index (κ1) is 17.7. The lowest BCUT2D eigenvalue weighted by molar-refractivity contribution is -0.128. The van der Waals surface area contributed by atoms with Gasteiger partial charge in [0.05, 0.1) is 5.41 Å². The molecule has 1 rings (SSSR count). The minimum absolute atomic E-state index is 0.0604. The SMILES string of the molecule is CNC(=O)C(C)(C)CNC(C)c1ccc(C(C)(C)C)cc1. The lowest BCUT2D eigenvalue weighted by Gasteiger charge is -2.26. The van der Waals surface area contributed by atoms with Crippen molar-refractivity contribution in [2.45, 2.75) is 53.0 Å². The number of carbonyl (C=O) groups is 1. The van der Waals surface area contributed by atoms with E-state index < -0.39 is 5.41 Å². The van der Waals surface area contributed by atoms with Crippen molar-refractivity contribution in [2.24, 2.45) is 5.41 Å². The molecule has 0 aliphatic carbocycles. The molecule has 3 nitrogen and oxygen atoms in total. The van der Waals surface area contributed by atoms with E-state index in [4.69, 9.17) is 0 Å². The highest BCUT2D eigenvalue weighted by molar-refractivity contribution is 5.81. The molecule has 0 bridgehead atoms. The zero-order valence-electron chi connectivity index (χ0n) is 14.5. The Morgan fingerprint density at radius 1 is 1.10 bits per heavy atom. The second kappa shape index (κ2) is 6.61. The van der Waals surface area contributed by atoms with Crippen LogP contribution in [0.2, 0.25) is 0 Å². The van der Waals surface area contributed by atoms with Crippen LogP contribution >= 0.6 is 0 Å². The fourth-order valence-electron chi connectivity index (χ4n) is 2.22. The number of hydrogen-bond donors (Lipinski definition) is 2. The first-order valence-corrected chi connectivity index (χ1v) is 7.64. The molecule has 0 aliphatic rings. The van der Waals surface area contributed by atoms with Crippen LogP contribution in [0.25, 0.3) is 0 Å². The molecule has 0 heterocycles. The Morgan fingerprint density at radius 2 is 1.62 bits per heavy atom. The van der Waals surface area contributed by atoms with Gasteiger partial charge in [0, 0.05) is 19.6 Å². The summed E-state index contributed by atoms with van der Waals surface area (Å²) < 4.78 is 0. The van der Waals surface area contributed by atoms with Crippen LogP contribution in [0.3, 0.4) is 0 Å². The number of rotatable bonds is 5. The van der Waals surface area contributed by atoms with E-state index in [1.165, 1.54) is 11.1 Å². The van der Waals surface area contributed by atoms with Gasteiger partial charge in [0.15, 0.2) is 0 Å². The van der Waals surface area contributed by atoms with Crippen LogP contribution in [-0.2, 0) is 10.2 Å². The molecule has 0 fully saturated rings. The van der Waals surface area contributed by atoms with Gasteiger partial charge in [-0.3, -0.25) is 4.79 Å². The molecule has 0 radical (unpaired) electrons. The van der Waals surface area contributed by atoms with Crippen LogP contribution in [-0.4, -0.2) is 19.5 Å². The van der Waals surface area contributed by atoms with Crippen molar-refractivity contribution >= 4 is 5.91 Å². The van der Waals surface area contributed by atoms with Gasteiger partial charge >= 0.3 is 0 Å². The molecule has 0 spiro atoms. The Hall–Kier alpha value is -1.35. The van der Waals surface area contributed by atoms with Crippen molar-refractivity contribution in [1.82, 2.24) is 10.6 Å². The normalized spacial score (nSPS) is 13.9. The van der Waals surface area contributed by atoms with Gasteiger partial charge in [-0.05, 0) is 37.3 Å². The first-order valence-electron chi connectivity index (χ1n) is 7.64. The summed E-state index contributed by atoms with van der Waals surface area (Å²) in [6.45, 7) is 13.3. The fourth-order valence-corrected chi connectivity index (χ4v) is 2.22. The van der Waals surface area contributed by atoms with E-state index in [0.717, 1.165) is 0 Å². The molecule has 1 aromatic carbocycles. The van der Waals surface area contributed by atoms with Gasteiger partial charge in [0.1, 0.15) is 0 Å². The average molecular weight is 290 g/mol. The Morgan fingerprint density at radius 3 is 2.05 bits per heavy atom. The number of nitrogens with one attached hydrogen (secondary N) is 2. The Balaban J connectivity index is 2.68. The zero-order valence-corrected chi connectivity index (χ0v) is 14.5. The summed E-state index contributed by atoms with van der Waals surface area (Å²) in [4.78, 5) is 11.8. The summed E-state index contributed by atoms with van der Waals surface area (Å²) in [5.74, 6) is 0.0604. The largest absolute Gasteiger partial charge is 0.359 e. The maximum atomic E-state index is 11.8. The van der Waals surface area contributed by atoms with E-state index in [0.29, 0.717) is 6.54 Å². The molecule has 3 heteroatoms. The fraction of sp³-hybridized carbons (Fsp3) is 0.611. The predicted molar refractivity (Wildman–Crippen MR) is 89.4 cm³/mol. The molecule has 21 heavy (non-hydrogen) atoms. The standard InChI is InChI=1S/C18H30N2O/c1-13(20-12-18(5,6)16(21)19-7)14-8-10-15(11-9-14)17(2,3)4/h8-11,13,20H,12H2,1-7H3,(H,19,21). The summed E-state index contributed by atoms with van der Waals surface area (Å²) in [5, 5.41) is 6.17. The van der Waals surface area contributed by atoms with Crippen LogP contribution in [0.5, 0.6) is 0 Å². The number of carbonyl (C=O) groups excluding carboxylic acids is 1. The third-order valence-corrected chi connectivity index (χ3v) is 3.97. The van der Waals surface area contributed by atoms with E-state index in [-0.39, 0.29) is 17.4 Å². The highest BCUT2D eigenvalue weighted by atomic mass is 16.2. The molecule has 1 amide bonds. The number of amides is 1. The number of hydrogen-bond acceptors (Lipinski definition) is 2. The van der Waals surface area contributed by atoms with E-state index >= 15 is 0 Å². The predicted octanol–water partition coefficient (Wildman–Crippen LogP) is 3.41. The van der Waals surface area contributed by atoms with Crippen LogP contribution in [0.4, 0.5) is 0 Å². The molecule has 2 N–H and O–H groups in total. The van der Waals surface area contributed by atoms with E-state index in [9.17, 15) is 4.79 Å². The molecule has 118 valence electrons. The molecular formula is C18H30N2O. The van der Waals surface area contributed by atoms with Gasteiger partial charge in [-0.2, -0.15) is 0 Å². The Kier molecular flexibility index (Phi) is 5.57. The van der Waals surface area contributed by atoms with Crippen LogP contribution < -0.4 is 10.6 Å². The monoisotopic (exact) mass is 290 g/mol. The highest BCUT2D eigenvalue weighted by Crippen LogP contribution is 2.24. The van der Waals surface area contributed by atoms with Crippen molar-refractivity contribution in [1.29, 1.82) is 0 Å². The van der Waals surface area contributed by atoms with Gasteiger partial charge in [-0.25, -0.2) is 0 Å². The maximum Gasteiger partial charge on any atom is 0.226 e. The van der Waals surface area contributed by atoms with Crippen LogP contribution in [0.15, 0.2) is 24.3 Å². The third-order valence-electron chi connectivity index (χ3n) is 3.97. The summed E-state index contributed by atoms with van der Waals surface area (Å²) >= 11 is 0. The zero-order chi connectivity index (χ0) is 16.3. The van der Waals surface area contributed by atoms with Gasteiger partial charge in [-0.15, -0.1) is 0 Å². The maximum absolute atomic E-state index is 11.8. The summed E-state index contributed by atoms with van der Waals surface area (Å²) in [7, 11) is 1.68. The second-order valence-electron chi connectivity index (χ2n) is 7.44. The summed E-state index contributed by atoms with van der Waals surface area (Å²) in [5.41, 5.74) is 2.35. The lowest BCUT2D eigenvalue weighted by atomic mass is 9.86. The van der Waals surface area contributed by atoms with Crippen LogP contribution in [0, 0.1) is 5.41 Å². The van der Waals surface area contributed by atoms with Gasteiger partial charge in [0.25, 0.3) is 0 Å². The quantitative estimate of drug-likeness (QED) is 0.872. The minimum Gasteiger partial charge on any atom is -0.359 e. The van der Waals surface area contributed by atoms with Crippen molar-refractivity contribution in [2.75, 3.05) is 13.6 Å². The molecule has 0 aliphatic heterocycles. The van der Waals surface area contributed by atoms with Crippen LogP contribution in [0.1, 0.15) is 58.7 Å². The lowest BCUT2D eigenvalue weighted by Crippen LogP contribution is -2.42. The van der Waals surface area contributed by atoms with Gasteiger partial charge < -0.3 is 10.6 Å². The Bertz CT molecular complexity index is 469. The molecular weight excluding hydrogens is 260 g/mol. The molecule has 1 aromatic rings. The molecule has 1 unspecified atom stereocenters. The smallest absolute Gasteiger partial charge is 0.226 e.